The topological polar surface area (TPSA) is 61.8 Å². The number of aromatic hydroxyl groups is 1. The van der Waals surface area contributed by atoms with Gasteiger partial charge in [-0.25, -0.2) is 9.18 Å². The van der Waals surface area contributed by atoms with E-state index in [0.29, 0.717) is 25.2 Å². The Balaban J connectivity index is 2.08. The van der Waals surface area contributed by atoms with Crippen molar-refractivity contribution in [2.75, 3.05) is 19.6 Å². The second-order valence-electron chi connectivity index (χ2n) is 6.14. The van der Waals surface area contributed by atoms with E-state index in [9.17, 15) is 14.3 Å². The van der Waals surface area contributed by atoms with Crippen LogP contribution in [0.1, 0.15) is 32.4 Å². The zero-order chi connectivity index (χ0) is 15.6. The lowest BCUT2D eigenvalue weighted by molar-refractivity contribution is 0.0193. The predicted molar refractivity (Wildman–Crippen MR) is 76.6 cm³/mol. The Bertz CT molecular complexity index is 528. The minimum absolute atomic E-state index is 0.115. The Morgan fingerprint density at radius 2 is 2.19 bits per heavy atom. The quantitative estimate of drug-likeness (QED) is 0.835. The van der Waals surface area contributed by atoms with E-state index in [1.807, 2.05) is 20.8 Å². The SMILES string of the molecule is CC(C)(C)OC(=O)N1CCNC(c2ccc(O)cc2F)C1. The second kappa shape index (κ2) is 5.89. The maximum absolute atomic E-state index is 13.9. The standard InChI is InChI=1S/C15H21FN2O3/c1-15(2,3)21-14(20)18-7-6-17-13(9-18)11-5-4-10(19)8-12(11)16/h4-5,8,13,17,19H,6-7,9H2,1-3H3. The number of phenols is 1. The number of benzene rings is 1. The van der Waals surface area contributed by atoms with Gasteiger partial charge in [-0.2, -0.15) is 0 Å². The van der Waals surface area contributed by atoms with Crippen molar-refractivity contribution in [1.29, 1.82) is 0 Å². The van der Waals surface area contributed by atoms with Crippen LogP contribution in [0.25, 0.3) is 0 Å². The number of hydrogen-bond acceptors (Lipinski definition) is 4. The number of nitrogens with zero attached hydrogens (tertiary/aromatic N) is 1. The predicted octanol–water partition coefficient (Wildman–Crippen LogP) is 2.41. The molecule has 1 unspecified atom stereocenters. The molecule has 1 fully saturated rings. The molecule has 1 saturated heterocycles. The summed E-state index contributed by atoms with van der Waals surface area (Å²) in [5, 5.41) is 12.4. The maximum atomic E-state index is 13.9. The molecule has 1 heterocycles. The number of phenolic OH excluding ortho intramolecular Hbond substituents is 1. The van der Waals surface area contributed by atoms with Crippen molar-refractivity contribution in [3.05, 3.63) is 29.6 Å². The summed E-state index contributed by atoms with van der Waals surface area (Å²) in [6, 6.07) is 3.73. The van der Waals surface area contributed by atoms with Gasteiger partial charge in [0.15, 0.2) is 0 Å². The van der Waals surface area contributed by atoms with Crippen LogP contribution in [0.2, 0.25) is 0 Å². The highest BCUT2D eigenvalue weighted by Crippen LogP contribution is 2.24. The molecule has 2 N–H and O–H groups in total. The van der Waals surface area contributed by atoms with E-state index in [2.05, 4.69) is 5.32 Å². The summed E-state index contributed by atoms with van der Waals surface area (Å²) < 4.78 is 19.2. The highest BCUT2D eigenvalue weighted by Gasteiger charge is 2.29. The average molecular weight is 296 g/mol. The van der Waals surface area contributed by atoms with Gasteiger partial charge < -0.3 is 20.1 Å². The molecule has 1 atom stereocenters. The van der Waals surface area contributed by atoms with E-state index < -0.39 is 17.5 Å². The molecule has 0 saturated carbocycles. The fourth-order valence-corrected chi connectivity index (χ4v) is 2.25. The molecule has 0 aliphatic carbocycles. The summed E-state index contributed by atoms with van der Waals surface area (Å²) in [5.41, 5.74) is -0.123. The van der Waals surface area contributed by atoms with E-state index >= 15 is 0 Å². The molecule has 0 radical (unpaired) electrons. The normalized spacial score (nSPS) is 19.4. The molecule has 1 aliphatic rings. The van der Waals surface area contributed by atoms with Gasteiger partial charge in [0.25, 0.3) is 0 Å². The van der Waals surface area contributed by atoms with Gasteiger partial charge in [0, 0.05) is 31.3 Å². The first kappa shape index (κ1) is 15.6. The van der Waals surface area contributed by atoms with Gasteiger partial charge in [-0.05, 0) is 26.8 Å². The second-order valence-corrected chi connectivity index (χ2v) is 6.14. The number of rotatable bonds is 1. The molecule has 0 bridgehead atoms. The minimum Gasteiger partial charge on any atom is -0.508 e. The Morgan fingerprint density at radius 1 is 1.48 bits per heavy atom. The lowest BCUT2D eigenvalue weighted by atomic mass is 10.0. The Kier molecular flexibility index (Phi) is 4.37. The van der Waals surface area contributed by atoms with Crippen LogP contribution in [-0.2, 0) is 4.74 Å². The number of hydrogen-bond donors (Lipinski definition) is 2. The maximum Gasteiger partial charge on any atom is 0.410 e. The van der Waals surface area contributed by atoms with Crippen molar-refractivity contribution < 1.29 is 19.0 Å². The van der Waals surface area contributed by atoms with Crippen LogP contribution in [0.5, 0.6) is 5.75 Å². The Morgan fingerprint density at radius 3 is 2.81 bits per heavy atom. The van der Waals surface area contributed by atoms with Crippen LogP contribution in [-0.4, -0.2) is 41.3 Å². The van der Waals surface area contributed by atoms with Crippen molar-refractivity contribution in [3.63, 3.8) is 0 Å². The van der Waals surface area contributed by atoms with Gasteiger partial charge in [0.2, 0.25) is 0 Å². The van der Waals surface area contributed by atoms with Crippen LogP contribution >= 0.6 is 0 Å². The molecule has 2 rings (SSSR count). The molecule has 1 aromatic carbocycles. The van der Waals surface area contributed by atoms with Crippen LogP contribution in [0.3, 0.4) is 0 Å². The third kappa shape index (κ3) is 4.07. The molecule has 0 aromatic heterocycles. The molecule has 0 spiro atoms. The summed E-state index contributed by atoms with van der Waals surface area (Å²) in [7, 11) is 0. The van der Waals surface area contributed by atoms with Crippen LogP contribution in [0.15, 0.2) is 18.2 Å². The number of piperazine rings is 1. The first-order chi connectivity index (χ1) is 9.76. The van der Waals surface area contributed by atoms with E-state index in [4.69, 9.17) is 4.74 Å². The lowest BCUT2D eigenvalue weighted by Gasteiger charge is -2.35. The highest BCUT2D eigenvalue weighted by molar-refractivity contribution is 5.68. The Hall–Kier alpha value is -1.82. The number of halogens is 1. The van der Waals surface area contributed by atoms with Gasteiger partial charge in [0.05, 0.1) is 6.04 Å². The van der Waals surface area contributed by atoms with Crippen molar-refractivity contribution in [1.82, 2.24) is 10.2 Å². The first-order valence-electron chi connectivity index (χ1n) is 6.96. The molecule has 1 aromatic rings. The third-order valence-electron chi connectivity index (χ3n) is 3.19. The van der Waals surface area contributed by atoms with Crippen LogP contribution in [0.4, 0.5) is 9.18 Å². The van der Waals surface area contributed by atoms with Gasteiger partial charge in [0.1, 0.15) is 17.2 Å². The highest BCUT2D eigenvalue weighted by atomic mass is 19.1. The van der Waals surface area contributed by atoms with Crippen molar-refractivity contribution in [2.45, 2.75) is 32.4 Å². The number of ether oxygens (including phenoxy) is 1. The smallest absolute Gasteiger partial charge is 0.410 e. The van der Waals surface area contributed by atoms with Gasteiger partial charge in [-0.15, -0.1) is 0 Å². The van der Waals surface area contributed by atoms with Crippen molar-refractivity contribution in [2.24, 2.45) is 0 Å². The van der Waals surface area contributed by atoms with Crippen molar-refractivity contribution in [3.8, 4) is 5.75 Å². The summed E-state index contributed by atoms with van der Waals surface area (Å²) in [4.78, 5) is 13.6. The van der Waals surface area contributed by atoms with E-state index in [0.717, 1.165) is 6.07 Å². The average Bonchev–Trinajstić information content (AvgIpc) is 2.37. The minimum atomic E-state index is -0.554. The monoisotopic (exact) mass is 296 g/mol. The van der Waals surface area contributed by atoms with E-state index in [1.165, 1.54) is 12.1 Å². The Labute approximate surface area is 123 Å². The first-order valence-corrected chi connectivity index (χ1v) is 6.96. The van der Waals surface area contributed by atoms with E-state index in [1.54, 1.807) is 4.90 Å². The molecule has 1 amide bonds. The molecule has 6 heteroatoms. The molecule has 116 valence electrons. The van der Waals surface area contributed by atoms with Gasteiger partial charge in [-0.1, -0.05) is 6.07 Å². The van der Waals surface area contributed by atoms with Crippen molar-refractivity contribution >= 4 is 6.09 Å². The zero-order valence-corrected chi connectivity index (χ0v) is 12.5. The van der Waals surface area contributed by atoms with E-state index in [-0.39, 0.29) is 11.8 Å². The number of nitrogens with one attached hydrogen (secondary N) is 1. The largest absolute Gasteiger partial charge is 0.508 e. The molecule has 21 heavy (non-hydrogen) atoms. The fourth-order valence-electron chi connectivity index (χ4n) is 2.25. The number of carbonyl (C=O) groups is 1. The summed E-state index contributed by atoms with van der Waals surface area (Å²) in [6.07, 6.45) is -0.395. The number of carbonyl (C=O) groups excluding carboxylic acids is 1. The molecular weight excluding hydrogens is 275 g/mol. The zero-order valence-electron chi connectivity index (χ0n) is 12.5. The number of amides is 1. The summed E-state index contributed by atoms with van der Waals surface area (Å²) >= 11 is 0. The van der Waals surface area contributed by atoms with Gasteiger partial charge >= 0.3 is 6.09 Å². The fraction of sp³-hybridized carbons (Fsp3) is 0.533. The molecule has 1 aliphatic heterocycles. The third-order valence-corrected chi connectivity index (χ3v) is 3.19. The summed E-state index contributed by atoms with van der Waals surface area (Å²) in [6.45, 7) is 6.84. The molecular formula is C15H21FN2O3. The van der Waals surface area contributed by atoms with Gasteiger partial charge in [-0.3, -0.25) is 0 Å². The lowest BCUT2D eigenvalue weighted by Crippen LogP contribution is -2.49. The van der Waals surface area contributed by atoms with Crippen LogP contribution in [0, 0.1) is 5.82 Å². The van der Waals surface area contributed by atoms with Crippen LogP contribution < -0.4 is 5.32 Å². The molecule has 5 nitrogen and oxygen atoms in total. The summed E-state index contributed by atoms with van der Waals surface area (Å²) in [5.74, 6) is -0.602.